The molecule has 5 unspecified atom stereocenters. The molecule has 1 aliphatic carbocycles. The van der Waals surface area contributed by atoms with Crippen molar-refractivity contribution >= 4 is 17.1 Å². The number of allylic oxidation sites excluding steroid dienone is 1. The van der Waals surface area contributed by atoms with E-state index in [1.807, 2.05) is 0 Å². The number of hydrogen-bond acceptors (Lipinski definition) is 4. The first kappa shape index (κ1) is 24.2. The van der Waals surface area contributed by atoms with Crippen LogP contribution in [0.2, 0.25) is 0 Å². The number of nitrogens with zero attached hydrogens (tertiary/aromatic N) is 1. The van der Waals surface area contributed by atoms with Crippen LogP contribution in [-0.2, 0) is 0 Å². The van der Waals surface area contributed by atoms with Crippen LogP contribution in [0.15, 0.2) is 60.0 Å². The normalized spacial score (nSPS) is 21.6. The van der Waals surface area contributed by atoms with Gasteiger partial charge in [0.2, 0.25) is 0 Å². The van der Waals surface area contributed by atoms with Crippen LogP contribution in [0, 0.1) is 23.5 Å². The van der Waals surface area contributed by atoms with Gasteiger partial charge in [-0.25, -0.2) is 13.2 Å². The molecule has 1 aromatic heterocycles. The standard InChI is InChI=1S/C26H28F3N3O2/c1-14(27)12-31-23(21-13-32-24-20(21)10-17(28)11-22(24)29)15-5-4-6-16(9-15)25(33)18-7-2-3-8-19(18)26(30)34/h2-3,7-8,10-13,15-16,23,25-26,32-34H,1,4-6,9,30H2/b31-12-. The first-order valence-electron chi connectivity index (χ1n) is 11.3. The van der Waals surface area contributed by atoms with Crippen LogP contribution in [0.4, 0.5) is 13.2 Å². The van der Waals surface area contributed by atoms with Gasteiger partial charge in [0.25, 0.3) is 0 Å². The molecule has 0 saturated heterocycles. The quantitative estimate of drug-likeness (QED) is 0.270. The Morgan fingerprint density at radius 2 is 1.82 bits per heavy atom. The van der Waals surface area contributed by atoms with Crippen LogP contribution < -0.4 is 5.73 Å². The van der Waals surface area contributed by atoms with Crippen molar-refractivity contribution in [2.24, 2.45) is 22.6 Å². The highest BCUT2D eigenvalue weighted by Gasteiger charge is 2.35. The molecule has 1 fully saturated rings. The molecule has 0 amide bonds. The summed E-state index contributed by atoms with van der Waals surface area (Å²) >= 11 is 0. The van der Waals surface area contributed by atoms with Crippen LogP contribution in [0.1, 0.15) is 60.7 Å². The molecule has 1 aliphatic rings. The molecule has 180 valence electrons. The van der Waals surface area contributed by atoms with Crippen molar-refractivity contribution in [3.05, 3.63) is 83.3 Å². The summed E-state index contributed by atoms with van der Waals surface area (Å²) in [5.74, 6) is -2.43. The van der Waals surface area contributed by atoms with Gasteiger partial charge in [-0.3, -0.25) is 4.99 Å². The minimum atomic E-state index is -1.21. The van der Waals surface area contributed by atoms with E-state index >= 15 is 0 Å². The summed E-state index contributed by atoms with van der Waals surface area (Å²) in [7, 11) is 0. The zero-order chi connectivity index (χ0) is 24.4. The van der Waals surface area contributed by atoms with Gasteiger partial charge in [-0.1, -0.05) is 37.3 Å². The number of aliphatic imine (C=N–C) groups is 1. The summed E-state index contributed by atoms with van der Waals surface area (Å²) in [5, 5.41) is 21.5. The van der Waals surface area contributed by atoms with Gasteiger partial charge < -0.3 is 20.9 Å². The fraction of sp³-hybridized carbons (Fsp3) is 0.346. The number of fused-ring (bicyclic) bond motifs is 1. The highest BCUT2D eigenvalue weighted by Crippen LogP contribution is 2.45. The van der Waals surface area contributed by atoms with Crippen molar-refractivity contribution in [2.75, 3.05) is 0 Å². The van der Waals surface area contributed by atoms with E-state index in [0.717, 1.165) is 31.5 Å². The molecule has 8 heteroatoms. The third kappa shape index (κ3) is 4.94. The van der Waals surface area contributed by atoms with Gasteiger partial charge in [0.05, 0.1) is 23.9 Å². The fourth-order valence-electron chi connectivity index (χ4n) is 5.18. The minimum absolute atomic E-state index is 0.121. The number of hydrogen-bond donors (Lipinski definition) is 4. The Kier molecular flexibility index (Phi) is 7.21. The molecule has 1 saturated carbocycles. The number of rotatable bonds is 7. The Morgan fingerprint density at radius 3 is 2.53 bits per heavy atom. The van der Waals surface area contributed by atoms with E-state index in [9.17, 15) is 23.4 Å². The summed E-state index contributed by atoms with van der Waals surface area (Å²) in [4.78, 5) is 7.25. The molecule has 3 aromatic rings. The number of halogens is 3. The lowest BCUT2D eigenvalue weighted by molar-refractivity contribution is 0.0606. The topological polar surface area (TPSA) is 94.6 Å². The number of H-pyrrole nitrogens is 1. The van der Waals surface area contributed by atoms with E-state index < -0.39 is 35.8 Å². The Labute approximate surface area is 195 Å². The summed E-state index contributed by atoms with van der Waals surface area (Å²) < 4.78 is 41.8. The Bertz CT molecular complexity index is 1210. The van der Waals surface area contributed by atoms with Crippen molar-refractivity contribution in [3.8, 4) is 0 Å². The van der Waals surface area contributed by atoms with Crippen LogP contribution >= 0.6 is 0 Å². The number of benzene rings is 2. The van der Waals surface area contributed by atoms with E-state index in [0.29, 0.717) is 28.5 Å². The predicted molar refractivity (Wildman–Crippen MR) is 126 cm³/mol. The first-order valence-corrected chi connectivity index (χ1v) is 11.3. The maximum absolute atomic E-state index is 14.3. The van der Waals surface area contributed by atoms with Crippen molar-refractivity contribution in [1.29, 1.82) is 0 Å². The molecule has 5 N–H and O–H groups in total. The first-order chi connectivity index (χ1) is 16.3. The van der Waals surface area contributed by atoms with E-state index in [2.05, 4.69) is 16.6 Å². The highest BCUT2D eigenvalue weighted by molar-refractivity contribution is 5.85. The maximum atomic E-state index is 14.3. The van der Waals surface area contributed by atoms with E-state index in [1.165, 1.54) is 6.07 Å². The van der Waals surface area contributed by atoms with Gasteiger partial charge >= 0.3 is 0 Å². The van der Waals surface area contributed by atoms with Crippen molar-refractivity contribution < 1.29 is 23.4 Å². The van der Waals surface area contributed by atoms with Gasteiger partial charge in [-0.05, 0) is 42.7 Å². The zero-order valence-electron chi connectivity index (χ0n) is 18.6. The highest BCUT2D eigenvalue weighted by atomic mass is 19.1. The number of aliphatic hydroxyl groups is 2. The summed E-state index contributed by atoms with van der Waals surface area (Å²) in [6.45, 7) is 3.23. The van der Waals surface area contributed by atoms with Gasteiger partial charge in [-0.2, -0.15) is 0 Å². The smallest absolute Gasteiger partial charge is 0.150 e. The Morgan fingerprint density at radius 1 is 1.12 bits per heavy atom. The molecule has 4 rings (SSSR count). The molecule has 0 bridgehead atoms. The molecule has 0 radical (unpaired) electrons. The van der Waals surface area contributed by atoms with Gasteiger partial charge in [0.15, 0.2) is 0 Å². The molecule has 0 spiro atoms. The number of aliphatic hydroxyl groups excluding tert-OH is 2. The Balaban J connectivity index is 1.68. The second-order valence-corrected chi connectivity index (χ2v) is 8.93. The lowest BCUT2D eigenvalue weighted by Gasteiger charge is -2.36. The molecule has 34 heavy (non-hydrogen) atoms. The third-order valence-electron chi connectivity index (χ3n) is 6.71. The number of aromatic nitrogens is 1. The number of nitrogens with two attached hydrogens (primary N) is 1. The van der Waals surface area contributed by atoms with Crippen molar-refractivity contribution in [3.63, 3.8) is 0 Å². The Hall–Kier alpha value is -2.94. The molecular weight excluding hydrogens is 443 g/mol. The second-order valence-electron chi connectivity index (χ2n) is 8.93. The van der Waals surface area contributed by atoms with E-state index in [1.54, 1.807) is 30.5 Å². The molecule has 5 nitrogen and oxygen atoms in total. The largest absolute Gasteiger partial charge is 0.388 e. The van der Waals surface area contributed by atoms with Gasteiger partial charge in [-0.15, -0.1) is 0 Å². The lowest BCUT2D eigenvalue weighted by Crippen LogP contribution is -2.26. The summed E-state index contributed by atoms with van der Waals surface area (Å²) in [5.41, 5.74) is 7.43. The summed E-state index contributed by atoms with van der Waals surface area (Å²) in [6, 6.07) is 8.40. The average Bonchev–Trinajstić information content (AvgIpc) is 3.22. The molecular formula is C26H28F3N3O2. The van der Waals surface area contributed by atoms with Crippen LogP contribution in [0.3, 0.4) is 0 Å². The van der Waals surface area contributed by atoms with Gasteiger partial charge in [0, 0.05) is 28.8 Å². The van der Waals surface area contributed by atoms with E-state index in [4.69, 9.17) is 5.73 Å². The van der Waals surface area contributed by atoms with Crippen molar-refractivity contribution in [1.82, 2.24) is 4.98 Å². The number of nitrogens with one attached hydrogen (secondary N) is 1. The summed E-state index contributed by atoms with van der Waals surface area (Å²) in [6.07, 6.45) is 3.35. The molecule has 2 aromatic carbocycles. The second kappa shape index (κ2) is 10.1. The zero-order valence-corrected chi connectivity index (χ0v) is 18.6. The predicted octanol–water partition coefficient (Wildman–Crippen LogP) is 5.53. The lowest BCUT2D eigenvalue weighted by atomic mass is 9.73. The van der Waals surface area contributed by atoms with Crippen LogP contribution in [0.5, 0.6) is 0 Å². The van der Waals surface area contributed by atoms with Crippen LogP contribution in [-0.4, -0.2) is 21.4 Å². The third-order valence-corrected chi connectivity index (χ3v) is 6.71. The average molecular weight is 472 g/mol. The molecule has 1 heterocycles. The number of aromatic amines is 1. The van der Waals surface area contributed by atoms with Crippen molar-refractivity contribution in [2.45, 2.75) is 44.1 Å². The maximum Gasteiger partial charge on any atom is 0.150 e. The van der Waals surface area contributed by atoms with Gasteiger partial charge in [0.1, 0.15) is 23.7 Å². The monoisotopic (exact) mass is 471 g/mol. The van der Waals surface area contributed by atoms with E-state index in [-0.39, 0.29) is 17.4 Å². The fourth-order valence-corrected chi connectivity index (χ4v) is 5.18. The minimum Gasteiger partial charge on any atom is -0.388 e. The molecule has 0 aliphatic heterocycles. The molecule has 5 atom stereocenters. The SMILES string of the molecule is C=C(F)/C=N\C(c1c[nH]c2c(F)cc(F)cc12)C1CCCC(C(O)c2ccccc2C(N)O)C1. The van der Waals surface area contributed by atoms with Crippen LogP contribution in [0.25, 0.3) is 10.9 Å².